The van der Waals surface area contributed by atoms with Gasteiger partial charge in [-0.2, -0.15) is 0 Å². The molecule has 2 N–H and O–H groups in total. The van der Waals surface area contributed by atoms with Crippen molar-refractivity contribution in [2.24, 2.45) is 0 Å². The molecule has 0 bridgehead atoms. The molecule has 0 spiro atoms. The van der Waals surface area contributed by atoms with Crippen LogP contribution >= 0.6 is 0 Å². The summed E-state index contributed by atoms with van der Waals surface area (Å²) >= 11 is 0. The van der Waals surface area contributed by atoms with Crippen LogP contribution in [0.1, 0.15) is 27.7 Å². The minimum atomic E-state index is -0.548. The SMILES string of the molecule is CNC(=O)Nc1cc(B2OC(C)(C)C(C)(C)O2)cnc1OC. The number of nitrogens with one attached hydrogen (secondary N) is 2. The normalized spacial score (nSPS) is 18.9. The average molecular weight is 307 g/mol. The van der Waals surface area contributed by atoms with Gasteiger partial charge in [0.05, 0.1) is 18.3 Å². The molecule has 120 valence electrons. The van der Waals surface area contributed by atoms with Crippen molar-refractivity contribution in [3.8, 4) is 5.88 Å². The third kappa shape index (κ3) is 3.03. The molecule has 0 radical (unpaired) electrons. The second-order valence-corrected chi connectivity index (χ2v) is 6.12. The number of urea groups is 1. The van der Waals surface area contributed by atoms with Crippen molar-refractivity contribution in [2.45, 2.75) is 38.9 Å². The fraction of sp³-hybridized carbons (Fsp3) is 0.571. The molecule has 7 nitrogen and oxygen atoms in total. The largest absolute Gasteiger partial charge is 0.496 e. The first-order valence-corrected chi connectivity index (χ1v) is 7.08. The topological polar surface area (TPSA) is 81.7 Å². The Balaban J connectivity index is 2.30. The Morgan fingerprint density at radius 1 is 1.27 bits per heavy atom. The van der Waals surface area contributed by atoms with E-state index in [1.807, 2.05) is 27.7 Å². The first kappa shape index (κ1) is 16.6. The lowest BCUT2D eigenvalue weighted by Crippen LogP contribution is -2.41. The Morgan fingerprint density at radius 3 is 2.36 bits per heavy atom. The summed E-state index contributed by atoms with van der Waals surface area (Å²) in [6.45, 7) is 7.92. The number of nitrogens with zero attached hydrogens (tertiary/aromatic N) is 1. The highest BCUT2D eigenvalue weighted by molar-refractivity contribution is 6.62. The molecule has 2 amide bonds. The first-order valence-electron chi connectivity index (χ1n) is 7.08. The molecule has 0 unspecified atom stereocenters. The number of methoxy groups -OCH3 is 1. The number of rotatable bonds is 3. The maximum atomic E-state index is 11.5. The molecule has 22 heavy (non-hydrogen) atoms. The third-order valence-corrected chi connectivity index (χ3v) is 4.07. The fourth-order valence-corrected chi connectivity index (χ4v) is 2.01. The van der Waals surface area contributed by atoms with E-state index in [1.165, 1.54) is 14.2 Å². The highest BCUT2D eigenvalue weighted by Gasteiger charge is 2.51. The number of ether oxygens (including phenoxy) is 1. The van der Waals surface area contributed by atoms with E-state index in [4.69, 9.17) is 14.0 Å². The molecule has 0 aliphatic carbocycles. The van der Waals surface area contributed by atoms with Crippen LogP contribution in [0, 0.1) is 0 Å². The zero-order valence-corrected chi connectivity index (χ0v) is 13.8. The summed E-state index contributed by atoms with van der Waals surface area (Å²) in [6.07, 6.45) is 1.62. The van der Waals surface area contributed by atoms with E-state index < -0.39 is 18.3 Å². The Bertz CT molecular complexity index is 561. The molecule has 1 aliphatic rings. The van der Waals surface area contributed by atoms with E-state index in [0.717, 1.165) is 0 Å². The Kier molecular flexibility index (Phi) is 4.35. The number of hydrogen-bond donors (Lipinski definition) is 2. The van der Waals surface area contributed by atoms with Crippen molar-refractivity contribution in [3.05, 3.63) is 12.3 Å². The second-order valence-electron chi connectivity index (χ2n) is 6.12. The number of carbonyl (C=O) groups is 1. The zero-order valence-electron chi connectivity index (χ0n) is 13.8. The van der Waals surface area contributed by atoms with Gasteiger partial charge in [0.1, 0.15) is 5.69 Å². The van der Waals surface area contributed by atoms with Crippen molar-refractivity contribution < 1.29 is 18.8 Å². The van der Waals surface area contributed by atoms with Crippen LogP contribution in [0.15, 0.2) is 12.3 Å². The van der Waals surface area contributed by atoms with Crippen LogP contribution in [0.5, 0.6) is 5.88 Å². The third-order valence-electron chi connectivity index (χ3n) is 4.07. The molecule has 1 saturated heterocycles. The van der Waals surface area contributed by atoms with Gasteiger partial charge in [0.15, 0.2) is 0 Å². The van der Waals surface area contributed by atoms with Gasteiger partial charge in [-0.1, -0.05) is 0 Å². The molecule has 2 heterocycles. The lowest BCUT2D eigenvalue weighted by molar-refractivity contribution is 0.00578. The van der Waals surface area contributed by atoms with E-state index >= 15 is 0 Å². The number of amides is 2. The van der Waals surface area contributed by atoms with Gasteiger partial charge in [-0.3, -0.25) is 0 Å². The summed E-state index contributed by atoms with van der Waals surface area (Å²) in [5, 5.41) is 5.15. The maximum Gasteiger partial charge on any atom is 0.496 e. The molecule has 2 rings (SSSR count). The van der Waals surface area contributed by atoms with Crippen molar-refractivity contribution in [1.29, 1.82) is 0 Å². The summed E-state index contributed by atoms with van der Waals surface area (Å²) in [7, 11) is 2.48. The van der Waals surface area contributed by atoms with Crippen LogP contribution in [0.2, 0.25) is 0 Å². The van der Waals surface area contributed by atoms with Crippen LogP contribution in [-0.2, 0) is 9.31 Å². The Labute approximate surface area is 130 Å². The average Bonchev–Trinajstić information content (AvgIpc) is 2.67. The minimum Gasteiger partial charge on any atom is -0.480 e. The number of pyridine rings is 1. The number of aromatic nitrogens is 1. The first-order chi connectivity index (χ1) is 10.2. The standard InChI is InChI=1S/C14H22BN3O4/c1-13(2)14(3,4)22-15(21-13)9-7-10(18-12(19)16-5)11(20-6)17-8-9/h7-8H,1-6H3,(H2,16,18,19). The summed E-state index contributed by atoms with van der Waals surface area (Å²) < 4.78 is 17.1. The lowest BCUT2D eigenvalue weighted by Gasteiger charge is -2.32. The molecule has 0 aromatic carbocycles. The number of carbonyl (C=O) groups excluding carboxylic acids is 1. The molecule has 1 aliphatic heterocycles. The van der Waals surface area contributed by atoms with Gasteiger partial charge in [-0.25, -0.2) is 9.78 Å². The van der Waals surface area contributed by atoms with Crippen LogP contribution in [0.4, 0.5) is 10.5 Å². The summed E-state index contributed by atoms with van der Waals surface area (Å²) in [5.41, 5.74) is 0.290. The van der Waals surface area contributed by atoms with Crippen LogP contribution in [-0.4, -0.2) is 43.5 Å². The number of hydrogen-bond acceptors (Lipinski definition) is 5. The smallest absolute Gasteiger partial charge is 0.480 e. The monoisotopic (exact) mass is 307 g/mol. The van der Waals surface area contributed by atoms with Crippen molar-refractivity contribution >= 4 is 24.3 Å². The molecular weight excluding hydrogens is 285 g/mol. The van der Waals surface area contributed by atoms with Gasteiger partial charge in [0.2, 0.25) is 5.88 Å². The van der Waals surface area contributed by atoms with Crippen molar-refractivity contribution in [3.63, 3.8) is 0 Å². The van der Waals surface area contributed by atoms with E-state index in [9.17, 15) is 4.79 Å². The Hall–Kier alpha value is -1.80. The van der Waals surface area contributed by atoms with Gasteiger partial charge in [-0.05, 0) is 33.8 Å². The summed E-state index contributed by atoms with van der Waals surface area (Å²) in [5.74, 6) is 0.323. The van der Waals surface area contributed by atoms with Gasteiger partial charge in [0.25, 0.3) is 0 Å². The molecule has 1 aromatic heterocycles. The fourth-order valence-electron chi connectivity index (χ4n) is 2.01. The van der Waals surface area contributed by atoms with E-state index in [1.54, 1.807) is 12.3 Å². The van der Waals surface area contributed by atoms with Crippen LogP contribution in [0.25, 0.3) is 0 Å². The molecule has 1 aromatic rings. The van der Waals surface area contributed by atoms with E-state index in [-0.39, 0.29) is 6.03 Å². The zero-order chi connectivity index (χ0) is 16.5. The van der Waals surface area contributed by atoms with Gasteiger partial charge in [0, 0.05) is 18.7 Å². The van der Waals surface area contributed by atoms with Crippen LogP contribution in [0.3, 0.4) is 0 Å². The van der Waals surface area contributed by atoms with E-state index in [0.29, 0.717) is 17.0 Å². The summed E-state index contributed by atoms with van der Waals surface area (Å²) in [6, 6.07) is 1.38. The van der Waals surface area contributed by atoms with Gasteiger partial charge < -0.3 is 24.7 Å². The van der Waals surface area contributed by atoms with Gasteiger partial charge in [-0.15, -0.1) is 0 Å². The predicted octanol–water partition coefficient (Wildman–Crippen LogP) is 1.14. The lowest BCUT2D eigenvalue weighted by atomic mass is 9.80. The highest BCUT2D eigenvalue weighted by Crippen LogP contribution is 2.36. The molecule has 0 saturated carbocycles. The predicted molar refractivity (Wildman–Crippen MR) is 84.6 cm³/mol. The summed E-state index contributed by atoms with van der Waals surface area (Å²) in [4.78, 5) is 15.7. The molecular formula is C14H22BN3O4. The Morgan fingerprint density at radius 2 is 1.86 bits per heavy atom. The number of anilines is 1. The molecule has 8 heteroatoms. The minimum absolute atomic E-state index is 0.323. The molecule has 0 atom stereocenters. The van der Waals surface area contributed by atoms with E-state index in [2.05, 4.69) is 15.6 Å². The highest BCUT2D eigenvalue weighted by atomic mass is 16.7. The van der Waals surface area contributed by atoms with Crippen molar-refractivity contribution in [1.82, 2.24) is 10.3 Å². The van der Waals surface area contributed by atoms with Crippen LogP contribution < -0.4 is 20.8 Å². The van der Waals surface area contributed by atoms with Gasteiger partial charge >= 0.3 is 13.1 Å². The van der Waals surface area contributed by atoms with Crippen molar-refractivity contribution in [2.75, 3.05) is 19.5 Å². The second kappa shape index (κ2) is 5.77. The molecule has 1 fully saturated rings. The quantitative estimate of drug-likeness (QED) is 0.818. The maximum absolute atomic E-state index is 11.5.